The van der Waals surface area contributed by atoms with Gasteiger partial charge in [0.2, 0.25) is 0 Å². The summed E-state index contributed by atoms with van der Waals surface area (Å²) < 4.78 is 0. The molecule has 0 radical (unpaired) electrons. The summed E-state index contributed by atoms with van der Waals surface area (Å²) in [4.78, 5) is 0. The lowest BCUT2D eigenvalue weighted by Gasteiger charge is -2.27. The number of hydrogen-bond acceptors (Lipinski definition) is 4. The van der Waals surface area contributed by atoms with Crippen molar-refractivity contribution in [2.75, 3.05) is 0 Å². The topological polar surface area (TPSA) is 80.9 Å². The maximum atomic E-state index is 12.2. The van der Waals surface area contributed by atoms with Crippen molar-refractivity contribution in [1.82, 2.24) is 0 Å². The highest BCUT2D eigenvalue weighted by atomic mass is 16.3. The van der Waals surface area contributed by atoms with E-state index in [1.807, 2.05) is 45.0 Å². The Morgan fingerprint density at radius 1 is 0.429 bits per heavy atom. The SMILES string of the molecule is Cc1ccc(C2c3cc(C)cc(c3O)Cc3cc(C(C)(C)C)cc(c3O)Cc3cc(C(C)(C)C)cc(c3O)Cc3cc(C)cc2c3O)cc1. The van der Waals surface area contributed by atoms with Crippen LogP contribution in [0.1, 0.15) is 125 Å². The smallest absolute Gasteiger partial charge is 0.123 e. The van der Waals surface area contributed by atoms with Gasteiger partial charge in [-0.15, -0.1) is 0 Å². The van der Waals surface area contributed by atoms with Crippen LogP contribution >= 0.6 is 0 Å². The lowest BCUT2D eigenvalue weighted by atomic mass is 9.79. The first-order valence-electron chi connectivity index (χ1n) is 17.3. The van der Waals surface area contributed by atoms with Crippen molar-refractivity contribution in [1.29, 1.82) is 0 Å². The summed E-state index contributed by atoms with van der Waals surface area (Å²) in [5.74, 6) is 0.202. The predicted molar refractivity (Wildman–Crippen MR) is 200 cm³/mol. The van der Waals surface area contributed by atoms with Gasteiger partial charge in [0.05, 0.1) is 0 Å². The van der Waals surface area contributed by atoms with Crippen LogP contribution in [0.15, 0.2) is 72.8 Å². The Morgan fingerprint density at radius 2 is 0.755 bits per heavy atom. The molecule has 4 nitrogen and oxygen atoms in total. The van der Waals surface area contributed by atoms with Gasteiger partial charge in [0, 0.05) is 36.3 Å². The third-order valence-corrected chi connectivity index (χ3v) is 10.2. The molecule has 0 spiro atoms. The minimum atomic E-state index is -0.471. The maximum Gasteiger partial charge on any atom is 0.123 e. The van der Waals surface area contributed by atoms with E-state index in [0.717, 1.165) is 55.6 Å². The normalized spacial score (nSPS) is 13.8. The van der Waals surface area contributed by atoms with Gasteiger partial charge in [-0.25, -0.2) is 0 Å². The number of phenolic OH excluding ortho intramolecular Hbond substituents is 4. The molecule has 0 amide bonds. The Labute approximate surface area is 291 Å². The van der Waals surface area contributed by atoms with E-state index >= 15 is 0 Å². The Hall–Kier alpha value is -4.70. The average molecular weight is 655 g/mol. The Morgan fingerprint density at radius 3 is 1.08 bits per heavy atom. The van der Waals surface area contributed by atoms with E-state index < -0.39 is 5.92 Å². The zero-order chi connectivity index (χ0) is 35.6. The number of hydrogen-bond donors (Lipinski definition) is 4. The van der Waals surface area contributed by atoms with Crippen molar-refractivity contribution in [3.63, 3.8) is 0 Å². The standard InChI is InChI=1S/C45H50O4/c1-25-10-12-28(13-11-25)39-37-16-26(2)14-29(42(37)48)18-31-21-35(44(4,5)6)23-33(40(31)46)20-34-24-36(45(7,8)9)22-32(41(34)47)19-30-15-27(3)17-38(39)43(30)49/h10-17,21-24,39,46-49H,18-20H2,1-9H3. The van der Waals surface area contributed by atoms with Gasteiger partial charge in [0.1, 0.15) is 23.0 Å². The van der Waals surface area contributed by atoms with E-state index in [-0.39, 0.29) is 33.8 Å². The zero-order valence-electron chi connectivity index (χ0n) is 30.4. The molecule has 4 heteroatoms. The average Bonchev–Trinajstić information content (AvgIpc) is 3.00. The Kier molecular flexibility index (Phi) is 8.59. The second kappa shape index (κ2) is 12.3. The molecule has 0 heterocycles. The van der Waals surface area contributed by atoms with Crippen molar-refractivity contribution in [3.8, 4) is 23.0 Å². The molecule has 1 aliphatic carbocycles. The first kappa shape index (κ1) is 34.2. The van der Waals surface area contributed by atoms with Crippen LogP contribution in [0, 0.1) is 20.8 Å². The quantitative estimate of drug-likeness (QED) is 0.142. The van der Waals surface area contributed by atoms with Gasteiger partial charge in [-0.3, -0.25) is 0 Å². The summed E-state index contributed by atoms with van der Waals surface area (Å²) in [6, 6.07) is 24.5. The van der Waals surface area contributed by atoms with E-state index in [1.165, 1.54) is 0 Å². The molecule has 49 heavy (non-hydrogen) atoms. The third kappa shape index (κ3) is 6.66. The number of aromatic hydroxyl groups is 4. The molecule has 0 fully saturated rings. The van der Waals surface area contributed by atoms with Crippen LogP contribution in [0.25, 0.3) is 0 Å². The molecule has 254 valence electrons. The van der Waals surface area contributed by atoms with E-state index in [0.29, 0.717) is 41.5 Å². The van der Waals surface area contributed by atoms with Crippen molar-refractivity contribution in [2.45, 2.75) is 98.3 Å². The molecular weight excluding hydrogens is 604 g/mol. The second-order valence-electron chi connectivity index (χ2n) is 16.4. The number of benzene rings is 5. The van der Waals surface area contributed by atoms with Gasteiger partial charge in [-0.1, -0.05) is 131 Å². The highest BCUT2D eigenvalue weighted by Gasteiger charge is 2.29. The van der Waals surface area contributed by atoms with Crippen LogP contribution in [-0.4, -0.2) is 20.4 Å². The van der Waals surface area contributed by atoms with Crippen LogP contribution in [0.5, 0.6) is 23.0 Å². The molecule has 4 N–H and O–H groups in total. The van der Waals surface area contributed by atoms with E-state index in [2.05, 4.69) is 90.1 Å². The van der Waals surface area contributed by atoms with E-state index in [9.17, 15) is 20.4 Å². The summed E-state index contributed by atoms with van der Waals surface area (Å²) in [5, 5.41) is 48.2. The van der Waals surface area contributed by atoms with Gasteiger partial charge in [0.25, 0.3) is 0 Å². The number of rotatable bonds is 1. The minimum Gasteiger partial charge on any atom is -0.507 e. The first-order valence-corrected chi connectivity index (χ1v) is 17.3. The summed E-state index contributed by atoms with van der Waals surface area (Å²) in [6.07, 6.45) is 0.958. The zero-order valence-corrected chi connectivity index (χ0v) is 30.4. The monoisotopic (exact) mass is 654 g/mol. The van der Waals surface area contributed by atoms with Crippen molar-refractivity contribution in [2.24, 2.45) is 0 Å². The van der Waals surface area contributed by atoms with Gasteiger partial charge < -0.3 is 20.4 Å². The molecule has 0 aliphatic heterocycles. The molecule has 5 aromatic rings. The lowest BCUT2D eigenvalue weighted by Crippen LogP contribution is -2.14. The lowest BCUT2D eigenvalue weighted by molar-refractivity contribution is 0.447. The van der Waals surface area contributed by atoms with Gasteiger partial charge >= 0.3 is 0 Å². The fourth-order valence-electron chi connectivity index (χ4n) is 7.30. The van der Waals surface area contributed by atoms with Crippen LogP contribution in [0.3, 0.4) is 0 Å². The molecule has 6 rings (SSSR count). The Balaban J connectivity index is 1.73. The molecule has 0 saturated heterocycles. The van der Waals surface area contributed by atoms with Gasteiger partial charge in [-0.05, 0) is 81.7 Å². The molecule has 5 aromatic carbocycles. The summed E-state index contributed by atoms with van der Waals surface area (Å²) in [7, 11) is 0. The molecule has 0 saturated carbocycles. The van der Waals surface area contributed by atoms with Crippen LogP contribution in [0.2, 0.25) is 0 Å². The number of aryl methyl sites for hydroxylation is 3. The summed E-state index contributed by atoms with van der Waals surface area (Å²) >= 11 is 0. The molecule has 0 aromatic heterocycles. The van der Waals surface area contributed by atoms with Crippen LogP contribution in [-0.2, 0) is 30.1 Å². The molecule has 0 unspecified atom stereocenters. The van der Waals surface area contributed by atoms with Crippen molar-refractivity contribution in [3.05, 3.63) is 151 Å². The molecule has 1 aliphatic rings. The van der Waals surface area contributed by atoms with Crippen LogP contribution in [0.4, 0.5) is 0 Å². The summed E-state index contributed by atoms with van der Waals surface area (Å²) in [5.41, 5.74) is 11.5. The third-order valence-electron chi connectivity index (χ3n) is 10.2. The molecular formula is C45H50O4. The highest BCUT2D eigenvalue weighted by Crippen LogP contribution is 2.46. The molecule has 0 atom stereocenters. The predicted octanol–water partition coefficient (Wildman–Crippen LogP) is 10.3. The highest BCUT2D eigenvalue weighted by molar-refractivity contribution is 5.61. The van der Waals surface area contributed by atoms with E-state index in [1.54, 1.807) is 0 Å². The second-order valence-corrected chi connectivity index (χ2v) is 16.4. The summed E-state index contributed by atoms with van der Waals surface area (Å²) in [6.45, 7) is 19.0. The fourth-order valence-corrected chi connectivity index (χ4v) is 7.30. The minimum absolute atomic E-state index is 0.158. The largest absolute Gasteiger partial charge is 0.507 e. The van der Waals surface area contributed by atoms with E-state index in [4.69, 9.17) is 0 Å². The van der Waals surface area contributed by atoms with Crippen molar-refractivity contribution >= 4 is 0 Å². The molecule has 8 bridgehead atoms. The Bertz CT molecular complexity index is 1940. The maximum absolute atomic E-state index is 12.2. The number of phenols is 4. The van der Waals surface area contributed by atoms with Gasteiger partial charge in [0.15, 0.2) is 0 Å². The fraction of sp³-hybridized carbons (Fsp3) is 0.333. The van der Waals surface area contributed by atoms with Crippen molar-refractivity contribution < 1.29 is 20.4 Å². The number of fused-ring (bicyclic) bond motifs is 8. The van der Waals surface area contributed by atoms with Crippen LogP contribution < -0.4 is 0 Å². The van der Waals surface area contributed by atoms with Gasteiger partial charge in [-0.2, -0.15) is 0 Å². The first-order chi connectivity index (χ1) is 22.9.